The third-order valence-electron chi connectivity index (χ3n) is 2.65. The average molecular weight is 236 g/mol. The Morgan fingerprint density at radius 1 is 1.35 bits per heavy atom. The molecule has 0 aromatic heterocycles. The van der Waals surface area contributed by atoms with Gasteiger partial charge in [0.05, 0.1) is 12.5 Å². The Morgan fingerprint density at radius 3 is 2.53 bits per heavy atom. The van der Waals surface area contributed by atoms with Crippen LogP contribution in [0.1, 0.15) is 32.3 Å². The highest BCUT2D eigenvalue weighted by Gasteiger charge is 2.11. The summed E-state index contributed by atoms with van der Waals surface area (Å²) in [6.45, 7) is 4.58. The predicted molar refractivity (Wildman–Crippen MR) is 67.3 cm³/mol. The normalized spacial score (nSPS) is 12.1. The van der Waals surface area contributed by atoms with Gasteiger partial charge >= 0.3 is 5.97 Å². The molecule has 0 fully saturated rings. The van der Waals surface area contributed by atoms with Gasteiger partial charge in [-0.25, -0.2) is 0 Å². The van der Waals surface area contributed by atoms with Gasteiger partial charge in [-0.2, -0.15) is 0 Å². The minimum absolute atomic E-state index is 0.346. The van der Waals surface area contributed by atoms with Crippen LogP contribution in [0.15, 0.2) is 24.3 Å². The molecule has 0 aliphatic heterocycles. The fourth-order valence-corrected chi connectivity index (χ4v) is 1.50. The van der Waals surface area contributed by atoms with Crippen LogP contribution in [0.2, 0.25) is 0 Å². The average Bonchev–Trinajstić information content (AvgIpc) is 2.31. The number of benzene rings is 1. The molecule has 17 heavy (non-hydrogen) atoms. The molecule has 0 amide bonds. The number of carbonyl (C=O) groups is 1. The first-order valence-corrected chi connectivity index (χ1v) is 6.08. The van der Waals surface area contributed by atoms with Crippen molar-refractivity contribution >= 4 is 5.97 Å². The lowest BCUT2D eigenvalue weighted by Crippen LogP contribution is -2.12. The molecular weight excluding hydrogens is 216 g/mol. The number of rotatable bonds is 7. The Morgan fingerprint density at radius 2 is 2.00 bits per heavy atom. The summed E-state index contributed by atoms with van der Waals surface area (Å²) in [5, 5.41) is 8.82. The van der Waals surface area contributed by atoms with Gasteiger partial charge in [0.15, 0.2) is 0 Å². The molecule has 1 N–H and O–H groups in total. The van der Waals surface area contributed by atoms with Crippen LogP contribution in [0, 0.1) is 5.92 Å². The maximum Gasteiger partial charge on any atom is 0.306 e. The van der Waals surface area contributed by atoms with Crippen LogP contribution in [0.25, 0.3) is 0 Å². The van der Waals surface area contributed by atoms with Crippen LogP contribution in [0.4, 0.5) is 0 Å². The summed E-state index contributed by atoms with van der Waals surface area (Å²) in [6.07, 6.45) is 2.73. The van der Waals surface area contributed by atoms with E-state index in [1.54, 1.807) is 6.92 Å². The van der Waals surface area contributed by atoms with E-state index in [1.807, 2.05) is 24.3 Å². The molecule has 0 saturated heterocycles. The summed E-state index contributed by atoms with van der Waals surface area (Å²) < 4.78 is 5.54. The van der Waals surface area contributed by atoms with Crippen molar-refractivity contribution in [3.05, 3.63) is 29.8 Å². The van der Waals surface area contributed by atoms with Crippen LogP contribution >= 0.6 is 0 Å². The largest absolute Gasteiger partial charge is 0.494 e. The molecule has 1 aromatic rings. The Labute approximate surface area is 102 Å². The fraction of sp³-hybridized carbons (Fsp3) is 0.500. The van der Waals surface area contributed by atoms with Gasteiger partial charge in [-0.15, -0.1) is 0 Å². The summed E-state index contributed by atoms with van der Waals surface area (Å²) in [6, 6.07) is 7.67. The number of hydrogen-bond acceptors (Lipinski definition) is 2. The first-order chi connectivity index (χ1) is 8.13. The van der Waals surface area contributed by atoms with Crippen molar-refractivity contribution in [1.29, 1.82) is 0 Å². The zero-order chi connectivity index (χ0) is 12.7. The lowest BCUT2D eigenvalue weighted by molar-refractivity contribution is -0.141. The first kappa shape index (κ1) is 13.6. The van der Waals surface area contributed by atoms with Crippen molar-refractivity contribution in [2.45, 2.75) is 33.1 Å². The highest BCUT2D eigenvalue weighted by molar-refractivity contribution is 5.69. The highest BCUT2D eigenvalue weighted by atomic mass is 16.5. The summed E-state index contributed by atoms with van der Waals surface area (Å²) in [5.41, 5.74) is 1.03. The van der Waals surface area contributed by atoms with E-state index in [1.165, 1.54) is 0 Å². The molecule has 0 bridgehead atoms. The van der Waals surface area contributed by atoms with Crippen molar-refractivity contribution in [3.63, 3.8) is 0 Å². The number of unbranched alkanes of at least 4 members (excludes halogenated alkanes) is 1. The summed E-state index contributed by atoms with van der Waals surface area (Å²) in [5.74, 6) is -0.250. The summed E-state index contributed by atoms with van der Waals surface area (Å²) in [7, 11) is 0. The molecule has 0 heterocycles. The molecule has 1 unspecified atom stereocenters. The van der Waals surface area contributed by atoms with Crippen molar-refractivity contribution in [2.24, 2.45) is 5.92 Å². The van der Waals surface area contributed by atoms with Crippen LogP contribution < -0.4 is 4.74 Å². The van der Waals surface area contributed by atoms with Crippen molar-refractivity contribution in [3.8, 4) is 5.75 Å². The molecule has 3 nitrogen and oxygen atoms in total. The van der Waals surface area contributed by atoms with Crippen molar-refractivity contribution in [1.82, 2.24) is 0 Å². The Bertz CT molecular complexity index is 343. The first-order valence-electron chi connectivity index (χ1n) is 6.08. The minimum Gasteiger partial charge on any atom is -0.494 e. The van der Waals surface area contributed by atoms with Gasteiger partial charge in [-0.1, -0.05) is 32.4 Å². The summed E-state index contributed by atoms with van der Waals surface area (Å²) in [4.78, 5) is 10.7. The number of ether oxygens (including phenoxy) is 1. The van der Waals surface area contributed by atoms with Crippen LogP contribution in [0.5, 0.6) is 5.75 Å². The van der Waals surface area contributed by atoms with Crippen LogP contribution in [0.3, 0.4) is 0 Å². The number of carboxylic acid groups (broad SMARTS) is 1. The van der Waals surface area contributed by atoms with E-state index < -0.39 is 5.97 Å². The van der Waals surface area contributed by atoms with Crippen molar-refractivity contribution in [2.75, 3.05) is 6.61 Å². The molecule has 0 spiro atoms. The SMILES string of the molecule is CCCCOc1ccc(CC(C)C(=O)O)cc1. The van der Waals surface area contributed by atoms with E-state index in [0.717, 1.165) is 30.8 Å². The molecule has 1 atom stereocenters. The number of hydrogen-bond donors (Lipinski definition) is 1. The van der Waals surface area contributed by atoms with E-state index >= 15 is 0 Å². The maximum absolute atomic E-state index is 10.7. The number of aliphatic carboxylic acids is 1. The number of carboxylic acids is 1. The predicted octanol–water partition coefficient (Wildman–Crippen LogP) is 3.13. The highest BCUT2D eigenvalue weighted by Crippen LogP contribution is 2.15. The topological polar surface area (TPSA) is 46.5 Å². The zero-order valence-corrected chi connectivity index (χ0v) is 10.5. The Kier molecular flexibility index (Phi) is 5.53. The standard InChI is InChI=1S/C14H20O3/c1-3-4-9-17-13-7-5-12(6-8-13)10-11(2)14(15)16/h5-8,11H,3-4,9-10H2,1-2H3,(H,15,16). The molecule has 1 rings (SSSR count). The van der Waals surface area contributed by atoms with Crippen LogP contribution in [-0.2, 0) is 11.2 Å². The van der Waals surface area contributed by atoms with Gasteiger partial charge < -0.3 is 9.84 Å². The van der Waals surface area contributed by atoms with E-state index in [4.69, 9.17) is 9.84 Å². The molecule has 94 valence electrons. The zero-order valence-electron chi connectivity index (χ0n) is 10.5. The van der Waals surface area contributed by atoms with E-state index in [2.05, 4.69) is 6.92 Å². The van der Waals surface area contributed by atoms with Gasteiger partial charge in [0, 0.05) is 0 Å². The van der Waals surface area contributed by atoms with Gasteiger partial charge in [0.2, 0.25) is 0 Å². The molecule has 0 saturated carbocycles. The second-order valence-corrected chi connectivity index (χ2v) is 4.29. The van der Waals surface area contributed by atoms with Crippen LogP contribution in [-0.4, -0.2) is 17.7 Å². The molecule has 0 radical (unpaired) electrons. The van der Waals surface area contributed by atoms with Gasteiger partial charge in [-0.3, -0.25) is 4.79 Å². The van der Waals surface area contributed by atoms with Gasteiger partial charge in [0.25, 0.3) is 0 Å². The molecular formula is C14H20O3. The third-order valence-corrected chi connectivity index (χ3v) is 2.65. The lowest BCUT2D eigenvalue weighted by atomic mass is 10.0. The van der Waals surface area contributed by atoms with E-state index in [9.17, 15) is 4.79 Å². The second kappa shape index (κ2) is 6.94. The molecule has 0 aliphatic rings. The van der Waals surface area contributed by atoms with Crippen molar-refractivity contribution < 1.29 is 14.6 Å². The second-order valence-electron chi connectivity index (χ2n) is 4.29. The van der Waals surface area contributed by atoms with Gasteiger partial charge in [-0.05, 0) is 30.5 Å². The maximum atomic E-state index is 10.7. The quantitative estimate of drug-likeness (QED) is 0.740. The molecule has 3 heteroatoms. The van der Waals surface area contributed by atoms with E-state index in [0.29, 0.717) is 6.42 Å². The van der Waals surface area contributed by atoms with E-state index in [-0.39, 0.29) is 5.92 Å². The smallest absolute Gasteiger partial charge is 0.306 e. The van der Waals surface area contributed by atoms with Gasteiger partial charge in [0.1, 0.15) is 5.75 Å². The lowest BCUT2D eigenvalue weighted by Gasteiger charge is -2.08. The summed E-state index contributed by atoms with van der Waals surface area (Å²) >= 11 is 0. The minimum atomic E-state index is -0.756. The molecule has 1 aromatic carbocycles. The monoisotopic (exact) mass is 236 g/mol. The molecule has 0 aliphatic carbocycles. The third kappa shape index (κ3) is 4.89. The Hall–Kier alpha value is -1.51. The fourth-order valence-electron chi connectivity index (χ4n) is 1.50. The Balaban J connectivity index is 2.47.